The molecule has 0 spiro atoms. The number of benzene rings is 2. The zero-order valence-corrected chi connectivity index (χ0v) is 17.2. The number of amides is 1. The number of carbonyl (C=O) groups excluding carboxylic acids is 2. The van der Waals surface area contributed by atoms with Gasteiger partial charge in [-0.05, 0) is 36.4 Å². The Morgan fingerprint density at radius 3 is 2.31 bits per heavy atom. The summed E-state index contributed by atoms with van der Waals surface area (Å²) in [5.74, 6) is 0.581. The van der Waals surface area contributed by atoms with Crippen LogP contribution in [-0.4, -0.2) is 44.9 Å². The minimum atomic E-state index is -0.516. The van der Waals surface area contributed by atoms with Crippen LogP contribution in [0, 0.1) is 0 Å². The van der Waals surface area contributed by atoms with Crippen molar-refractivity contribution in [2.45, 2.75) is 6.54 Å². The molecule has 0 atom stereocenters. The van der Waals surface area contributed by atoms with Gasteiger partial charge in [0.05, 0.1) is 44.2 Å². The normalized spacial score (nSPS) is 11.4. The van der Waals surface area contributed by atoms with E-state index in [0.717, 1.165) is 10.2 Å². The SMILES string of the molecule is COC(=O)Cn1c(=NC(=O)c2cc(OC)ccc2OC)sc2cc(OC)ccc21. The van der Waals surface area contributed by atoms with Crippen LogP contribution in [0.2, 0.25) is 0 Å². The number of fused-ring (bicyclic) bond motifs is 1. The van der Waals surface area contributed by atoms with Crippen molar-refractivity contribution < 1.29 is 28.5 Å². The van der Waals surface area contributed by atoms with E-state index in [9.17, 15) is 9.59 Å². The highest BCUT2D eigenvalue weighted by atomic mass is 32.1. The van der Waals surface area contributed by atoms with Gasteiger partial charge in [0, 0.05) is 0 Å². The quantitative estimate of drug-likeness (QED) is 0.574. The summed E-state index contributed by atoms with van der Waals surface area (Å²) in [4.78, 5) is 29.4. The maximum absolute atomic E-state index is 12.9. The molecule has 1 amide bonds. The van der Waals surface area contributed by atoms with Gasteiger partial charge in [0.1, 0.15) is 23.8 Å². The van der Waals surface area contributed by atoms with Gasteiger partial charge in [-0.3, -0.25) is 9.59 Å². The maximum atomic E-state index is 12.9. The molecule has 0 N–H and O–H groups in total. The average Bonchev–Trinajstić information content (AvgIpc) is 3.08. The van der Waals surface area contributed by atoms with Gasteiger partial charge in [0.25, 0.3) is 5.91 Å². The third-order valence-corrected chi connectivity index (χ3v) is 5.28. The Morgan fingerprint density at radius 1 is 0.966 bits per heavy atom. The Kier molecular flexibility index (Phi) is 6.18. The molecule has 0 aliphatic rings. The number of nitrogens with zero attached hydrogens (tertiary/aromatic N) is 2. The van der Waals surface area contributed by atoms with E-state index in [2.05, 4.69) is 4.99 Å². The third-order valence-electron chi connectivity index (χ3n) is 4.24. The van der Waals surface area contributed by atoms with E-state index >= 15 is 0 Å². The number of esters is 1. The largest absolute Gasteiger partial charge is 0.497 e. The molecule has 0 fully saturated rings. The Morgan fingerprint density at radius 2 is 1.66 bits per heavy atom. The molecule has 152 valence electrons. The van der Waals surface area contributed by atoms with Crippen LogP contribution in [0.1, 0.15) is 10.4 Å². The number of ether oxygens (including phenoxy) is 4. The maximum Gasteiger partial charge on any atom is 0.325 e. The number of thiazole rings is 1. The van der Waals surface area contributed by atoms with Crippen LogP contribution >= 0.6 is 11.3 Å². The van der Waals surface area contributed by atoms with E-state index in [4.69, 9.17) is 18.9 Å². The molecule has 29 heavy (non-hydrogen) atoms. The highest BCUT2D eigenvalue weighted by molar-refractivity contribution is 7.16. The van der Waals surface area contributed by atoms with Crippen molar-refractivity contribution in [3.63, 3.8) is 0 Å². The van der Waals surface area contributed by atoms with Crippen LogP contribution in [0.15, 0.2) is 41.4 Å². The predicted octanol–water partition coefficient (Wildman–Crippen LogP) is 2.64. The lowest BCUT2D eigenvalue weighted by Gasteiger charge is -2.07. The van der Waals surface area contributed by atoms with Gasteiger partial charge in [-0.15, -0.1) is 0 Å². The average molecular weight is 416 g/mol. The summed E-state index contributed by atoms with van der Waals surface area (Å²) in [5.41, 5.74) is 0.997. The smallest absolute Gasteiger partial charge is 0.325 e. The van der Waals surface area contributed by atoms with E-state index in [-0.39, 0.29) is 12.1 Å². The summed E-state index contributed by atoms with van der Waals surface area (Å²) in [6.07, 6.45) is 0. The van der Waals surface area contributed by atoms with Crippen molar-refractivity contribution in [2.24, 2.45) is 4.99 Å². The highest BCUT2D eigenvalue weighted by Gasteiger charge is 2.16. The first-order valence-corrected chi connectivity index (χ1v) is 9.37. The molecule has 0 radical (unpaired) electrons. The van der Waals surface area contributed by atoms with Gasteiger partial charge < -0.3 is 23.5 Å². The molecule has 0 aliphatic carbocycles. The van der Waals surface area contributed by atoms with Gasteiger partial charge >= 0.3 is 5.97 Å². The van der Waals surface area contributed by atoms with E-state index in [1.807, 2.05) is 12.1 Å². The first-order valence-electron chi connectivity index (χ1n) is 8.56. The minimum absolute atomic E-state index is 0.0792. The standard InChI is InChI=1S/C20H20N2O6S/c1-25-12-6-8-16(27-3)14(9-12)19(24)21-20-22(11-18(23)28-4)15-7-5-13(26-2)10-17(15)29-20/h5-10H,11H2,1-4H3. The second kappa shape index (κ2) is 8.78. The lowest BCUT2D eigenvalue weighted by molar-refractivity contribution is -0.141. The molecule has 0 saturated heterocycles. The molecule has 1 aromatic heterocycles. The van der Waals surface area contributed by atoms with E-state index in [0.29, 0.717) is 22.0 Å². The summed E-state index contributed by atoms with van der Waals surface area (Å²) >= 11 is 1.27. The van der Waals surface area contributed by atoms with Crippen LogP contribution < -0.4 is 19.0 Å². The molecule has 9 heteroatoms. The van der Waals surface area contributed by atoms with Crippen molar-refractivity contribution in [1.82, 2.24) is 4.57 Å². The van der Waals surface area contributed by atoms with Crippen molar-refractivity contribution in [1.29, 1.82) is 0 Å². The predicted molar refractivity (Wildman–Crippen MR) is 108 cm³/mol. The van der Waals surface area contributed by atoms with Gasteiger partial charge in [0.2, 0.25) is 0 Å². The first kappa shape index (κ1) is 20.4. The second-order valence-electron chi connectivity index (χ2n) is 5.86. The van der Waals surface area contributed by atoms with Crippen LogP contribution in [-0.2, 0) is 16.1 Å². The molecule has 2 aromatic carbocycles. The summed E-state index contributed by atoms with van der Waals surface area (Å²) in [6, 6.07) is 10.3. The lowest BCUT2D eigenvalue weighted by atomic mass is 10.2. The molecule has 0 saturated carbocycles. The molecule has 0 aliphatic heterocycles. The van der Waals surface area contributed by atoms with E-state index in [1.165, 1.54) is 32.7 Å². The fourth-order valence-corrected chi connectivity index (χ4v) is 3.80. The van der Waals surface area contributed by atoms with Crippen molar-refractivity contribution >= 4 is 33.4 Å². The summed E-state index contributed by atoms with van der Waals surface area (Å²) in [5, 5.41) is 0. The molecule has 8 nitrogen and oxygen atoms in total. The summed E-state index contributed by atoms with van der Waals surface area (Å²) in [7, 11) is 5.86. The fourth-order valence-electron chi connectivity index (χ4n) is 2.74. The van der Waals surface area contributed by atoms with Crippen molar-refractivity contribution in [2.75, 3.05) is 28.4 Å². The number of methoxy groups -OCH3 is 4. The van der Waals surface area contributed by atoms with Crippen molar-refractivity contribution in [3.05, 3.63) is 46.8 Å². The molecule has 1 heterocycles. The Balaban J connectivity index is 2.17. The minimum Gasteiger partial charge on any atom is -0.497 e. The zero-order chi connectivity index (χ0) is 21.0. The topological polar surface area (TPSA) is 88.4 Å². The summed E-state index contributed by atoms with van der Waals surface area (Å²) < 4.78 is 23.0. The Bertz CT molecular complexity index is 1130. The molecular formula is C20H20N2O6S. The molecule has 0 bridgehead atoms. The fraction of sp³-hybridized carbons (Fsp3) is 0.250. The van der Waals surface area contributed by atoms with Gasteiger partial charge in [-0.2, -0.15) is 4.99 Å². The molecule has 0 unspecified atom stereocenters. The van der Waals surface area contributed by atoms with Crippen molar-refractivity contribution in [3.8, 4) is 17.2 Å². The number of hydrogen-bond donors (Lipinski definition) is 0. The number of carbonyl (C=O) groups is 2. The van der Waals surface area contributed by atoms with Crippen LogP contribution in [0.25, 0.3) is 10.2 Å². The highest BCUT2D eigenvalue weighted by Crippen LogP contribution is 2.26. The van der Waals surface area contributed by atoms with Gasteiger partial charge in [0.15, 0.2) is 4.80 Å². The lowest BCUT2D eigenvalue weighted by Crippen LogP contribution is -2.22. The van der Waals surface area contributed by atoms with Crippen LogP contribution in [0.4, 0.5) is 0 Å². The first-order chi connectivity index (χ1) is 14.0. The number of aromatic nitrogens is 1. The second-order valence-corrected chi connectivity index (χ2v) is 6.87. The molecule has 3 rings (SSSR count). The Labute approximate surface area is 170 Å². The van der Waals surface area contributed by atoms with E-state index in [1.54, 1.807) is 35.9 Å². The monoisotopic (exact) mass is 416 g/mol. The third kappa shape index (κ3) is 4.24. The van der Waals surface area contributed by atoms with Gasteiger partial charge in [-0.1, -0.05) is 11.3 Å². The summed E-state index contributed by atoms with van der Waals surface area (Å²) in [6.45, 7) is -0.0792. The van der Waals surface area contributed by atoms with Crippen LogP contribution in [0.5, 0.6) is 17.2 Å². The van der Waals surface area contributed by atoms with E-state index < -0.39 is 11.9 Å². The molecular weight excluding hydrogens is 396 g/mol. The zero-order valence-electron chi connectivity index (χ0n) is 16.4. The number of hydrogen-bond acceptors (Lipinski definition) is 7. The molecule has 3 aromatic rings. The van der Waals surface area contributed by atoms with Crippen LogP contribution in [0.3, 0.4) is 0 Å². The van der Waals surface area contributed by atoms with Gasteiger partial charge in [-0.25, -0.2) is 0 Å². The number of rotatable bonds is 6. The Hall–Kier alpha value is -3.33.